The number of nitrogens with zero attached hydrogens (tertiary/aromatic N) is 2. The number of hydrogen-bond donors (Lipinski definition) is 1. The standard InChI is InChI=1S/C17H28N2OS/c1-14-4-10-19(11-5-14)15-6-8-18(9-7-15)13-16(20)17-3-2-12-21-17/h2-3,12,14-16,20H,4-11,13H2,1H3/t16-/m0/s1. The highest BCUT2D eigenvalue weighted by molar-refractivity contribution is 7.10. The number of rotatable bonds is 4. The van der Waals surface area contributed by atoms with Crippen LogP contribution in [0, 0.1) is 5.92 Å². The van der Waals surface area contributed by atoms with Crippen molar-refractivity contribution < 1.29 is 5.11 Å². The molecule has 0 radical (unpaired) electrons. The Labute approximate surface area is 132 Å². The first-order chi connectivity index (χ1) is 10.2. The van der Waals surface area contributed by atoms with E-state index in [-0.39, 0.29) is 6.10 Å². The predicted molar refractivity (Wildman–Crippen MR) is 88.7 cm³/mol. The molecular weight excluding hydrogens is 280 g/mol. The lowest BCUT2D eigenvalue weighted by atomic mass is 9.95. The van der Waals surface area contributed by atoms with E-state index in [1.165, 1.54) is 38.8 Å². The average molecular weight is 308 g/mol. The molecule has 2 aliphatic rings. The quantitative estimate of drug-likeness (QED) is 0.926. The Morgan fingerprint density at radius 1 is 1.19 bits per heavy atom. The van der Waals surface area contributed by atoms with E-state index in [1.807, 2.05) is 17.5 Å². The maximum Gasteiger partial charge on any atom is 0.101 e. The average Bonchev–Trinajstić information content (AvgIpc) is 3.03. The Morgan fingerprint density at radius 3 is 2.52 bits per heavy atom. The number of hydrogen-bond acceptors (Lipinski definition) is 4. The van der Waals surface area contributed by atoms with Crippen molar-refractivity contribution in [2.45, 2.75) is 44.8 Å². The fourth-order valence-corrected chi connectivity index (χ4v) is 4.38. The molecule has 2 saturated heterocycles. The molecule has 3 heterocycles. The zero-order valence-corrected chi connectivity index (χ0v) is 13.9. The van der Waals surface area contributed by atoms with Gasteiger partial charge in [-0.05, 0) is 69.2 Å². The highest BCUT2D eigenvalue weighted by Gasteiger charge is 2.27. The van der Waals surface area contributed by atoms with Crippen molar-refractivity contribution in [2.75, 3.05) is 32.7 Å². The van der Waals surface area contributed by atoms with Crippen molar-refractivity contribution in [3.05, 3.63) is 22.4 Å². The van der Waals surface area contributed by atoms with E-state index in [4.69, 9.17) is 0 Å². The van der Waals surface area contributed by atoms with Crippen molar-refractivity contribution in [1.29, 1.82) is 0 Å². The van der Waals surface area contributed by atoms with Gasteiger partial charge in [0.1, 0.15) is 6.10 Å². The Balaban J connectivity index is 1.43. The van der Waals surface area contributed by atoms with Gasteiger partial charge in [0.15, 0.2) is 0 Å². The van der Waals surface area contributed by atoms with Crippen LogP contribution in [0.25, 0.3) is 0 Å². The van der Waals surface area contributed by atoms with Crippen LogP contribution in [0.1, 0.15) is 43.6 Å². The van der Waals surface area contributed by atoms with Crippen LogP contribution in [0.15, 0.2) is 17.5 Å². The number of aliphatic hydroxyl groups excluding tert-OH is 1. The first-order valence-corrected chi connectivity index (χ1v) is 9.28. The summed E-state index contributed by atoms with van der Waals surface area (Å²) in [5.74, 6) is 0.919. The van der Waals surface area contributed by atoms with Gasteiger partial charge in [-0.25, -0.2) is 0 Å². The summed E-state index contributed by atoms with van der Waals surface area (Å²) in [6, 6.07) is 4.84. The molecule has 2 fully saturated rings. The van der Waals surface area contributed by atoms with Gasteiger partial charge in [0.05, 0.1) is 0 Å². The summed E-state index contributed by atoms with van der Waals surface area (Å²) in [7, 11) is 0. The minimum absolute atomic E-state index is 0.308. The van der Waals surface area contributed by atoms with Crippen molar-refractivity contribution in [2.24, 2.45) is 5.92 Å². The molecule has 4 heteroatoms. The lowest BCUT2D eigenvalue weighted by Gasteiger charge is -2.41. The van der Waals surface area contributed by atoms with Gasteiger partial charge >= 0.3 is 0 Å². The Hall–Kier alpha value is -0.420. The minimum Gasteiger partial charge on any atom is -0.386 e. The van der Waals surface area contributed by atoms with Gasteiger partial charge in [-0.2, -0.15) is 0 Å². The largest absolute Gasteiger partial charge is 0.386 e. The van der Waals surface area contributed by atoms with Crippen LogP contribution in [0.3, 0.4) is 0 Å². The van der Waals surface area contributed by atoms with Crippen LogP contribution < -0.4 is 0 Å². The molecule has 3 nitrogen and oxygen atoms in total. The van der Waals surface area contributed by atoms with Crippen LogP contribution in [-0.4, -0.2) is 53.7 Å². The highest BCUT2D eigenvalue weighted by Crippen LogP contribution is 2.25. The maximum absolute atomic E-state index is 10.3. The summed E-state index contributed by atoms with van der Waals surface area (Å²) in [6.45, 7) is 8.04. The molecule has 2 aliphatic heterocycles. The summed E-state index contributed by atoms with van der Waals surface area (Å²) < 4.78 is 0. The van der Waals surface area contributed by atoms with Gasteiger partial charge in [-0.1, -0.05) is 13.0 Å². The zero-order chi connectivity index (χ0) is 14.7. The van der Waals surface area contributed by atoms with Gasteiger partial charge in [0.2, 0.25) is 0 Å². The third kappa shape index (κ3) is 4.07. The topological polar surface area (TPSA) is 26.7 Å². The van der Waals surface area contributed by atoms with Crippen LogP contribution in [-0.2, 0) is 0 Å². The van der Waals surface area contributed by atoms with E-state index >= 15 is 0 Å². The van der Waals surface area contributed by atoms with Gasteiger partial charge in [0, 0.05) is 17.5 Å². The highest BCUT2D eigenvalue weighted by atomic mass is 32.1. The second-order valence-corrected chi connectivity index (χ2v) is 7.76. The summed E-state index contributed by atoms with van der Waals surface area (Å²) in [5, 5.41) is 12.3. The van der Waals surface area contributed by atoms with Gasteiger partial charge < -0.3 is 14.9 Å². The first kappa shape index (κ1) is 15.5. The molecule has 1 atom stereocenters. The van der Waals surface area contributed by atoms with E-state index in [9.17, 15) is 5.11 Å². The van der Waals surface area contributed by atoms with Gasteiger partial charge in [-0.15, -0.1) is 11.3 Å². The van der Waals surface area contributed by atoms with Gasteiger partial charge in [-0.3, -0.25) is 0 Å². The molecule has 118 valence electrons. The monoisotopic (exact) mass is 308 g/mol. The SMILES string of the molecule is CC1CCN(C2CCN(C[C@H](O)c3cccs3)CC2)CC1. The second-order valence-electron chi connectivity index (χ2n) is 6.78. The zero-order valence-electron chi connectivity index (χ0n) is 13.1. The van der Waals surface area contributed by atoms with E-state index in [0.29, 0.717) is 0 Å². The summed E-state index contributed by atoms with van der Waals surface area (Å²) in [5.41, 5.74) is 0. The molecule has 1 aromatic rings. The van der Waals surface area contributed by atoms with E-state index in [0.717, 1.165) is 36.5 Å². The normalized spacial score (nSPS) is 25.2. The lowest BCUT2D eigenvalue weighted by molar-refractivity contribution is 0.0551. The summed E-state index contributed by atoms with van der Waals surface area (Å²) in [6.07, 6.45) is 4.98. The molecule has 0 aromatic carbocycles. The molecule has 1 aromatic heterocycles. The maximum atomic E-state index is 10.3. The fraction of sp³-hybridized carbons (Fsp3) is 0.765. The molecular formula is C17H28N2OS. The third-order valence-electron chi connectivity index (χ3n) is 5.19. The molecule has 0 saturated carbocycles. The summed E-state index contributed by atoms with van der Waals surface area (Å²) in [4.78, 5) is 6.25. The van der Waals surface area contributed by atoms with Crippen LogP contribution >= 0.6 is 11.3 Å². The van der Waals surface area contributed by atoms with E-state index in [2.05, 4.69) is 16.7 Å². The van der Waals surface area contributed by atoms with Crippen molar-refractivity contribution in [3.63, 3.8) is 0 Å². The van der Waals surface area contributed by atoms with Crippen LogP contribution in [0.5, 0.6) is 0 Å². The van der Waals surface area contributed by atoms with E-state index < -0.39 is 0 Å². The third-order valence-corrected chi connectivity index (χ3v) is 6.17. The number of β-amino-alcohol motifs (C(OH)–C–C–N with tert-alkyl or cyclic N) is 1. The molecule has 0 bridgehead atoms. The number of likely N-dealkylation sites (tertiary alicyclic amines) is 2. The second kappa shape index (κ2) is 7.23. The molecule has 0 spiro atoms. The first-order valence-electron chi connectivity index (χ1n) is 8.40. The van der Waals surface area contributed by atoms with Crippen molar-refractivity contribution in [3.8, 4) is 0 Å². The minimum atomic E-state index is -0.308. The number of piperidine rings is 2. The smallest absolute Gasteiger partial charge is 0.101 e. The van der Waals surface area contributed by atoms with Crippen molar-refractivity contribution in [1.82, 2.24) is 9.80 Å². The molecule has 3 rings (SSSR count). The molecule has 1 N–H and O–H groups in total. The Kier molecular flexibility index (Phi) is 5.33. The van der Waals surface area contributed by atoms with E-state index in [1.54, 1.807) is 11.3 Å². The molecule has 0 unspecified atom stereocenters. The molecule has 0 amide bonds. The summed E-state index contributed by atoms with van der Waals surface area (Å²) >= 11 is 1.66. The fourth-order valence-electron chi connectivity index (χ4n) is 3.68. The number of aliphatic hydroxyl groups is 1. The molecule has 21 heavy (non-hydrogen) atoms. The number of thiophene rings is 1. The van der Waals surface area contributed by atoms with Crippen molar-refractivity contribution >= 4 is 11.3 Å². The Bertz CT molecular complexity index is 406. The Morgan fingerprint density at radius 2 is 1.90 bits per heavy atom. The van der Waals surface area contributed by atoms with Crippen LogP contribution in [0.4, 0.5) is 0 Å². The van der Waals surface area contributed by atoms with Crippen LogP contribution in [0.2, 0.25) is 0 Å². The predicted octanol–water partition coefficient (Wildman–Crippen LogP) is 2.98. The van der Waals surface area contributed by atoms with Gasteiger partial charge in [0.25, 0.3) is 0 Å². The lowest BCUT2D eigenvalue weighted by Crippen LogP contribution is -2.48. The molecule has 0 aliphatic carbocycles.